The van der Waals surface area contributed by atoms with Gasteiger partial charge in [-0.3, -0.25) is 0 Å². The molecule has 0 N–H and O–H groups in total. The zero-order valence-electron chi connectivity index (χ0n) is 15.8. The molecule has 0 unspecified atom stereocenters. The van der Waals surface area contributed by atoms with Gasteiger partial charge in [0.15, 0.2) is 11.5 Å². The van der Waals surface area contributed by atoms with Crippen molar-refractivity contribution in [3.8, 4) is 11.5 Å². The highest BCUT2D eigenvalue weighted by Crippen LogP contribution is 2.52. The first-order chi connectivity index (χ1) is 13.1. The maximum atomic E-state index is 6.30. The molecule has 0 aromatic heterocycles. The summed E-state index contributed by atoms with van der Waals surface area (Å²) < 4.78 is 6.30. The van der Waals surface area contributed by atoms with Gasteiger partial charge in [0.1, 0.15) is 0 Å². The maximum absolute atomic E-state index is 6.30. The van der Waals surface area contributed by atoms with Gasteiger partial charge >= 0.3 is 0 Å². The van der Waals surface area contributed by atoms with Crippen molar-refractivity contribution in [2.45, 2.75) is 20.8 Å². The van der Waals surface area contributed by atoms with Gasteiger partial charge in [-0.1, -0.05) is 54.1 Å². The smallest absolute Gasteiger partial charge is 0.152 e. The Hall–Kier alpha value is -3.26. The maximum Gasteiger partial charge on any atom is 0.152 e. The predicted molar refractivity (Wildman–Crippen MR) is 113 cm³/mol. The second kappa shape index (κ2) is 5.88. The summed E-state index contributed by atoms with van der Waals surface area (Å²) in [5.74, 6) is 1.78. The third-order valence-electron chi connectivity index (χ3n) is 5.25. The lowest BCUT2D eigenvalue weighted by atomic mass is 10.0. The molecule has 1 aliphatic rings. The van der Waals surface area contributed by atoms with Crippen LogP contribution in [0.25, 0.3) is 10.8 Å². The molecule has 0 radical (unpaired) electrons. The van der Waals surface area contributed by atoms with E-state index in [-0.39, 0.29) is 0 Å². The minimum atomic E-state index is 0.889. The Kier molecular flexibility index (Phi) is 3.48. The van der Waals surface area contributed by atoms with E-state index in [0.29, 0.717) is 0 Å². The number of nitrogens with zero attached hydrogens (tertiary/aromatic N) is 1. The van der Waals surface area contributed by atoms with E-state index in [0.717, 1.165) is 22.9 Å². The standard InChI is InChI=1S/C25H21NO/c1-16-12-17(2)25(18(3)13-16)26-21-10-6-7-11-23(21)27-24-15-20-9-5-4-8-19(20)14-22(24)26/h4-15H,1-3H3. The minimum absolute atomic E-state index is 0.889. The van der Waals surface area contributed by atoms with Crippen LogP contribution in [0.3, 0.4) is 0 Å². The van der Waals surface area contributed by atoms with E-state index in [4.69, 9.17) is 4.74 Å². The summed E-state index contributed by atoms with van der Waals surface area (Å²) in [5, 5.41) is 2.40. The molecule has 1 heterocycles. The van der Waals surface area contributed by atoms with E-state index in [2.05, 4.69) is 86.3 Å². The Morgan fingerprint density at radius 3 is 2.00 bits per heavy atom. The van der Waals surface area contributed by atoms with Crippen molar-refractivity contribution in [3.63, 3.8) is 0 Å². The third kappa shape index (κ3) is 2.48. The van der Waals surface area contributed by atoms with Gasteiger partial charge in [-0.2, -0.15) is 0 Å². The molecule has 0 atom stereocenters. The number of hydrogen-bond acceptors (Lipinski definition) is 2. The molecule has 0 amide bonds. The van der Waals surface area contributed by atoms with Crippen LogP contribution in [0.4, 0.5) is 17.1 Å². The number of benzene rings is 4. The van der Waals surface area contributed by atoms with Crippen LogP contribution in [0, 0.1) is 20.8 Å². The largest absolute Gasteiger partial charge is 0.453 e. The molecule has 0 saturated heterocycles. The molecule has 27 heavy (non-hydrogen) atoms. The number of fused-ring (bicyclic) bond motifs is 3. The van der Waals surface area contributed by atoms with Crippen molar-refractivity contribution in [2.75, 3.05) is 4.90 Å². The third-order valence-corrected chi connectivity index (χ3v) is 5.25. The normalized spacial score (nSPS) is 12.5. The van der Waals surface area contributed by atoms with Gasteiger partial charge in [-0.25, -0.2) is 0 Å². The monoisotopic (exact) mass is 351 g/mol. The van der Waals surface area contributed by atoms with Crippen LogP contribution < -0.4 is 9.64 Å². The van der Waals surface area contributed by atoms with Gasteiger partial charge in [-0.15, -0.1) is 0 Å². The fraction of sp³-hybridized carbons (Fsp3) is 0.120. The van der Waals surface area contributed by atoms with E-state index in [1.807, 2.05) is 12.1 Å². The van der Waals surface area contributed by atoms with Crippen LogP contribution in [0.5, 0.6) is 11.5 Å². The van der Waals surface area contributed by atoms with Gasteiger partial charge < -0.3 is 9.64 Å². The van der Waals surface area contributed by atoms with Gasteiger partial charge in [0.05, 0.1) is 17.1 Å². The molecule has 2 heteroatoms. The molecule has 0 aliphatic carbocycles. The Balaban J connectivity index is 1.84. The molecule has 4 aromatic rings. The molecule has 2 nitrogen and oxygen atoms in total. The van der Waals surface area contributed by atoms with Gasteiger partial charge in [0.25, 0.3) is 0 Å². The number of ether oxygens (including phenoxy) is 1. The van der Waals surface area contributed by atoms with E-state index >= 15 is 0 Å². The summed E-state index contributed by atoms with van der Waals surface area (Å²) in [6.45, 7) is 6.53. The van der Waals surface area contributed by atoms with Crippen molar-refractivity contribution in [1.29, 1.82) is 0 Å². The first kappa shape index (κ1) is 16.0. The molecular weight excluding hydrogens is 330 g/mol. The number of anilines is 3. The quantitative estimate of drug-likeness (QED) is 0.313. The van der Waals surface area contributed by atoms with Crippen LogP contribution in [-0.4, -0.2) is 0 Å². The van der Waals surface area contributed by atoms with Crippen LogP contribution in [0.1, 0.15) is 16.7 Å². The Bertz CT molecular complexity index is 1170. The van der Waals surface area contributed by atoms with Crippen molar-refractivity contribution >= 4 is 27.8 Å². The first-order valence-electron chi connectivity index (χ1n) is 9.29. The highest BCUT2D eigenvalue weighted by atomic mass is 16.5. The minimum Gasteiger partial charge on any atom is -0.453 e. The van der Waals surface area contributed by atoms with Gasteiger partial charge in [0.2, 0.25) is 0 Å². The Morgan fingerprint density at radius 1 is 0.630 bits per heavy atom. The van der Waals surface area contributed by atoms with E-state index in [1.165, 1.54) is 33.2 Å². The molecular formula is C25H21NO. The summed E-state index contributed by atoms with van der Waals surface area (Å²) in [4.78, 5) is 2.35. The van der Waals surface area contributed by atoms with E-state index in [9.17, 15) is 0 Å². The summed E-state index contributed by atoms with van der Waals surface area (Å²) in [5.41, 5.74) is 7.21. The van der Waals surface area contributed by atoms with Crippen molar-refractivity contribution in [3.05, 3.63) is 89.5 Å². The fourth-order valence-corrected chi connectivity index (χ4v) is 4.21. The van der Waals surface area contributed by atoms with Gasteiger partial charge in [0, 0.05) is 0 Å². The molecule has 5 rings (SSSR count). The molecule has 1 aliphatic heterocycles. The lowest BCUT2D eigenvalue weighted by Crippen LogP contribution is -2.18. The lowest BCUT2D eigenvalue weighted by molar-refractivity contribution is 0.477. The highest BCUT2D eigenvalue weighted by molar-refractivity contribution is 5.96. The first-order valence-corrected chi connectivity index (χ1v) is 9.29. The lowest BCUT2D eigenvalue weighted by Gasteiger charge is -2.35. The molecule has 132 valence electrons. The highest BCUT2D eigenvalue weighted by Gasteiger charge is 2.28. The second-order valence-electron chi connectivity index (χ2n) is 7.32. The zero-order chi connectivity index (χ0) is 18.5. The number of aryl methyl sites for hydroxylation is 3. The average Bonchev–Trinajstić information content (AvgIpc) is 2.65. The number of rotatable bonds is 1. The zero-order valence-corrected chi connectivity index (χ0v) is 15.8. The van der Waals surface area contributed by atoms with Crippen LogP contribution >= 0.6 is 0 Å². The van der Waals surface area contributed by atoms with Crippen LogP contribution in [0.2, 0.25) is 0 Å². The number of para-hydroxylation sites is 2. The van der Waals surface area contributed by atoms with Crippen LogP contribution in [0.15, 0.2) is 72.8 Å². The van der Waals surface area contributed by atoms with Crippen LogP contribution in [-0.2, 0) is 0 Å². The van der Waals surface area contributed by atoms with Crippen molar-refractivity contribution in [1.82, 2.24) is 0 Å². The van der Waals surface area contributed by atoms with Crippen molar-refractivity contribution in [2.24, 2.45) is 0 Å². The van der Waals surface area contributed by atoms with E-state index < -0.39 is 0 Å². The molecule has 0 saturated carbocycles. The van der Waals surface area contributed by atoms with E-state index in [1.54, 1.807) is 0 Å². The summed E-state index contributed by atoms with van der Waals surface area (Å²) in [6, 6.07) is 25.6. The SMILES string of the molecule is Cc1cc(C)c(N2c3ccccc3Oc3cc4ccccc4cc32)c(C)c1. The second-order valence-corrected chi connectivity index (χ2v) is 7.32. The molecule has 0 fully saturated rings. The topological polar surface area (TPSA) is 12.5 Å². The number of hydrogen-bond donors (Lipinski definition) is 0. The summed E-state index contributed by atoms with van der Waals surface area (Å²) in [7, 11) is 0. The Labute approximate surface area is 159 Å². The van der Waals surface area contributed by atoms with Gasteiger partial charge in [-0.05, 0) is 66.9 Å². The summed E-state index contributed by atoms with van der Waals surface area (Å²) >= 11 is 0. The predicted octanol–water partition coefficient (Wildman–Crippen LogP) is 7.34. The Morgan fingerprint density at radius 2 is 1.26 bits per heavy atom. The fourth-order valence-electron chi connectivity index (χ4n) is 4.21. The average molecular weight is 351 g/mol. The molecule has 0 bridgehead atoms. The van der Waals surface area contributed by atoms with Crippen molar-refractivity contribution < 1.29 is 4.74 Å². The molecule has 4 aromatic carbocycles. The molecule has 0 spiro atoms. The summed E-state index contributed by atoms with van der Waals surface area (Å²) in [6.07, 6.45) is 0.